The number of aliphatic hydroxyl groups is 1. The molecule has 4 nitrogen and oxygen atoms in total. The number of fused-ring (bicyclic) bond motifs is 3. The smallest absolute Gasteiger partial charge is 0.406 e. The summed E-state index contributed by atoms with van der Waals surface area (Å²) in [5.41, 5.74) is 8.17. The minimum atomic E-state index is -4.77. The van der Waals surface area contributed by atoms with Crippen LogP contribution in [0, 0.1) is 20.8 Å². The average molecular weight is 544 g/mol. The summed E-state index contributed by atoms with van der Waals surface area (Å²) in [5, 5.41) is 10.3. The first-order chi connectivity index (χ1) is 17.7. The van der Waals surface area contributed by atoms with Crippen molar-refractivity contribution in [2.45, 2.75) is 66.0 Å². The Labute approximate surface area is 226 Å². The molecule has 3 aromatic carbocycles. The van der Waals surface area contributed by atoms with E-state index in [-0.39, 0.29) is 24.4 Å². The molecule has 1 aliphatic heterocycles. The van der Waals surface area contributed by atoms with E-state index < -0.39 is 12.0 Å². The molecule has 0 unspecified atom stereocenters. The molecule has 202 valence electrons. The monoisotopic (exact) mass is 543 g/mol. The molecule has 8 heteroatoms. The van der Waals surface area contributed by atoms with E-state index in [2.05, 4.69) is 9.04 Å². The SMILES string of the molecule is CSN1Cc2cc(OC(F)(F)F)ccc2-c2c(C)c(-c3ccc(C)cc3)c(CC(=O)CC(C)(C)O)c(C)c21. The van der Waals surface area contributed by atoms with Crippen LogP contribution in [0.3, 0.4) is 0 Å². The molecule has 0 radical (unpaired) electrons. The molecule has 4 rings (SSSR count). The number of nitrogens with zero attached hydrogens (tertiary/aromatic N) is 1. The molecule has 0 atom stereocenters. The van der Waals surface area contributed by atoms with Gasteiger partial charge in [0.25, 0.3) is 0 Å². The fourth-order valence-electron chi connectivity index (χ4n) is 5.29. The molecule has 0 bridgehead atoms. The fourth-order valence-corrected chi connectivity index (χ4v) is 5.97. The van der Waals surface area contributed by atoms with Gasteiger partial charge in [0.2, 0.25) is 0 Å². The van der Waals surface area contributed by atoms with E-state index in [9.17, 15) is 23.1 Å². The first-order valence-electron chi connectivity index (χ1n) is 12.4. The van der Waals surface area contributed by atoms with Crippen molar-refractivity contribution in [2.75, 3.05) is 10.6 Å². The molecule has 0 saturated heterocycles. The van der Waals surface area contributed by atoms with Gasteiger partial charge < -0.3 is 14.1 Å². The van der Waals surface area contributed by atoms with Crippen LogP contribution in [0.4, 0.5) is 18.9 Å². The molecular weight excluding hydrogens is 511 g/mol. The fraction of sp³-hybridized carbons (Fsp3) is 0.367. The van der Waals surface area contributed by atoms with Crippen molar-refractivity contribution in [2.24, 2.45) is 0 Å². The summed E-state index contributed by atoms with van der Waals surface area (Å²) in [6.45, 7) is 9.65. The highest BCUT2D eigenvalue weighted by atomic mass is 32.2. The predicted octanol–water partition coefficient (Wildman–Crippen LogP) is 7.72. The molecule has 0 amide bonds. The average Bonchev–Trinajstić information content (AvgIpc) is 2.80. The van der Waals surface area contributed by atoms with Crippen LogP contribution in [-0.2, 0) is 17.8 Å². The standard InChI is InChI=1S/C30H32F3NO3S/c1-17-7-9-20(10-8-17)26-19(3)27-24-12-11-23(37-30(31,32)33)13-21(24)16-34(38-6)28(27)18(2)25(26)14-22(35)15-29(4,5)36/h7-13,36H,14-16H2,1-6H3. The van der Waals surface area contributed by atoms with Gasteiger partial charge in [-0.25, -0.2) is 0 Å². The van der Waals surface area contributed by atoms with Crippen LogP contribution in [0.5, 0.6) is 5.75 Å². The highest BCUT2D eigenvalue weighted by Gasteiger charge is 2.34. The molecule has 1 heterocycles. The van der Waals surface area contributed by atoms with E-state index in [1.165, 1.54) is 24.1 Å². The molecule has 0 spiro atoms. The molecular formula is C30H32F3NO3S. The molecule has 1 N–H and O–H groups in total. The lowest BCUT2D eigenvalue weighted by atomic mass is 9.80. The van der Waals surface area contributed by atoms with Crippen molar-refractivity contribution in [3.05, 3.63) is 70.3 Å². The van der Waals surface area contributed by atoms with Crippen molar-refractivity contribution >= 4 is 23.4 Å². The largest absolute Gasteiger partial charge is 0.573 e. The summed E-state index contributed by atoms with van der Waals surface area (Å²) in [7, 11) is 0. The van der Waals surface area contributed by atoms with Crippen molar-refractivity contribution < 1.29 is 27.8 Å². The number of carbonyl (C=O) groups excluding carboxylic acids is 1. The van der Waals surface area contributed by atoms with Gasteiger partial charge in [0.1, 0.15) is 11.5 Å². The zero-order valence-corrected chi connectivity index (χ0v) is 23.2. The summed E-state index contributed by atoms with van der Waals surface area (Å²) < 4.78 is 45.0. The third kappa shape index (κ3) is 5.86. The van der Waals surface area contributed by atoms with Crippen molar-refractivity contribution in [3.8, 4) is 28.0 Å². The Morgan fingerprint density at radius 2 is 1.68 bits per heavy atom. The summed E-state index contributed by atoms with van der Waals surface area (Å²) in [6, 6.07) is 12.6. The summed E-state index contributed by atoms with van der Waals surface area (Å²) in [5.74, 6) is -0.308. The Hall–Kier alpha value is -2.97. The first kappa shape index (κ1) is 28.0. The molecule has 3 aromatic rings. The van der Waals surface area contributed by atoms with Crippen LogP contribution in [0.15, 0.2) is 42.5 Å². The van der Waals surface area contributed by atoms with Crippen molar-refractivity contribution in [1.82, 2.24) is 0 Å². The second-order valence-corrected chi connectivity index (χ2v) is 11.3. The van der Waals surface area contributed by atoms with Crippen LogP contribution < -0.4 is 9.04 Å². The summed E-state index contributed by atoms with van der Waals surface area (Å²) in [6.07, 6.45) is -2.64. The Kier molecular flexibility index (Phi) is 7.60. The van der Waals surface area contributed by atoms with Crippen LogP contribution in [0.25, 0.3) is 22.3 Å². The lowest BCUT2D eigenvalue weighted by molar-refractivity contribution is -0.274. The maximum atomic E-state index is 13.1. The number of alkyl halides is 3. The van der Waals surface area contributed by atoms with Gasteiger partial charge in [-0.1, -0.05) is 47.8 Å². The lowest BCUT2D eigenvalue weighted by Gasteiger charge is -2.36. The Morgan fingerprint density at radius 3 is 2.26 bits per heavy atom. The number of anilines is 1. The maximum absolute atomic E-state index is 13.1. The van der Waals surface area contributed by atoms with Gasteiger partial charge in [-0.3, -0.25) is 4.79 Å². The molecule has 1 aliphatic rings. The van der Waals surface area contributed by atoms with Gasteiger partial charge in [-0.15, -0.1) is 13.2 Å². The summed E-state index contributed by atoms with van der Waals surface area (Å²) in [4.78, 5) is 13.1. The van der Waals surface area contributed by atoms with E-state index in [0.717, 1.165) is 55.8 Å². The number of ether oxygens (including phenoxy) is 1. The van der Waals surface area contributed by atoms with Crippen LogP contribution in [-0.4, -0.2) is 29.1 Å². The Balaban J connectivity index is 1.97. The Morgan fingerprint density at radius 1 is 1.03 bits per heavy atom. The third-order valence-electron chi connectivity index (χ3n) is 6.80. The van der Waals surface area contributed by atoms with E-state index in [1.807, 2.05) is 51.3 Å². The Bertz CT molecular complexity index is 1380. The number of carbonyl (C=O) groups is 1. The molecule has 0 aliphatic carbocycles. The molecule has 0 aromatic heterocycles. The highest BCUT2D eigenvalue weighted by Crippen LogP contribution is 2.51. The topological polar surface area (TPSA) is 49.8 Å². The number of benzene rings is 3. The van der Waals surface area contributed by atoms with Gasteiger partial charge in [0.05, 0.1) is 17.8 Å². The van der Waals surface area contributed by atoms with Crippen molar-refractivity contribution in [1.29, 1.82) is 0 Å². The lowest BCUT2D eigenvalue weighted by Crippen LogP contribution is -2.26. The van der Waals surface area contributed by atoms with E-state index in [4.69, 9.17) is 0 Å². The normalized spacial score (nSPS) is 13.3. The van der Waals surface area contributed by atoms with E-state index in [1.54, 1.807) is 19.9 Å². The first-order valence-corrected chi connectivity index (χ1v) is 13.5. The number of aryl methyl sites for hydroxylation is 1. The number of halogens is 3. The third-order valence-corrected chi connectivity index (χ3v) is 7.56. The molecule has 38 heavy (non-hydrogen) atoms. The molecule has 0 fully saturated rings. The number of hydrogen-bond acceptors (Lipinski definition) is 5. The van der Waals surface area contributed by atoms with Gasteiger partial charge in [0.15, 0.2) is 0 Å². The highest BCUT2D eigenvalue weighted by molar-refractivity contribution is 7.99. The predicted molar refractivity (Wildman–Crippen MR) is 148 cm³/mol. The number of Topliss-reactive ketones (excluding diaryl/α,β-unsaturated/α-hetero) is 1. The maximum Gasteiger partial charge on any atom is 0.573 e. The molecule has 0 saturated carbocycles. The number of hydrogen-bond donors (Lipinski definition) is 1. The second-order valence-electron chi connectivity index (χ2n) is 10.5. The van der Waals surface area contributed by atoms with Gasteiger partial charge in [0, 0.05) is 24.7 Å². The zero-order chi connectivity index (χ0) is 28.0. The minimum Gasteiger partial charge on any atom is -0.406 e. The van der Waals surface area contributed by atoms with Crippen LogP contribution in [0.1, 0.15) is 48.1 Å². The van der Waals surface area contributed by atoms with Crippen molar-refractivity contribution in [3.63, 3.8) is 0 Å². The zero-order valence-electron chi connectivity index (χ0n) is 22.4. The van der Waals surface area contributed by atoms with Gasteiger partial charge in [-0.2, -0.15) is 0 Å². The minimum absolute atomic E-state index is 0.0347. The van der Waals surface area contributed by atoms with Crippen LogP contribution >= 0.6 is 11.9 Å². The van der Waals surface area contributed by atoms with Gasteiger partial charge in [-0.05, 0) is 85.7 Å². The second kappa shape index (κ2) is 10.3. The van der Waals surface area contributed by atoms with E-state index >= 15 is 0 Å². The van der Waals surface area contributed by atoms with Gasteiger partial charge >= 0.3 is 6.36 Å². The van der Waals surface area contributed by atoms with E-state index in [0.29, 0.717) is 6.54 Å². The summed E-state index contributed by atoms with van der Waals surface area (Å²) >= 11 is 1.48. The van der Waals surface area contributed by atoms with Crippen LogP contribution in [0.2, 0.25) is 0 Å². The number of ketones is 1. The number of rotatable bonds is 7. The quantitative estimate of drug-likeness (QED) is 0.309.